The Bertz CT molecular complexity index is 1470. The number of nitrogens with zero attached hydrogens (tertiary/aromatic N) is 6. The first-order valence-electron chi connectivity index (χ1n) is 11.4. The second kappa shape index (κ2) is 8.67. The quantitative estimate of drug-likeness (QED) is 0.465. The Morgan fingerprint density at radius 3 is 2.35 bits per heavy atom. The average molecular weight is 455 g/mol. The standard InChI is InChI=1S/C26H26N6O2/c1-30-24-25(31(2)26(30)33)29-22(16-28-24)20-13-18(17-7-9-19(34-3)10-8-17)14-23(21(20)15-27)32-11-5-4-6-12-32/h7-10,13-14,16H,4-6,11-12H2,1-3H3. The Balaban J connectivity index is 1.74. The molecule has 1 aliphatic heterocycles. The van der Waals surface area contributed by atoms with Crippen molar-refractivity contribution in [3.8, 4) is 34.2 Å². The van der Waals surface area contributed by atoms with Crippen molar-refractivity contribution in [2.24, 2.45) is 14.1 Å². The number of imidazole rings is 1. The number of ether oxygens (including phenoxy) is 1. The first-order chi connectivity index (χ1) is 16.5. The minimum Gasteiger partial charge on any atom is -0.497 e. The third-order valence-corrected chi connectivity index (χ3v) is 6.57. The van der Waals surface area contributed by atoms with E-state index in [0.29, 0.717) is 28.1 Å². The predicted molar refractivity (Wildman–Crippen MR) is 132 cm³/mol. The molecule has 4 aromatic rings. The summed E-state index contributed by atoms with van der Waals surface area (Å²) in [4.78, 5) is 24.0. The van der Waals surface area contributed by atoms with Crippen LogP contribution in [0.1, 0.15) is 24.8 Å². The van der Waals surface area contributed by atoms with Gasteiger partial charge < -0.3 is 9.64 Å². The molecule has 0 bridgehead atoms. The number of nitriles is 1. The van der Waals surface area contributed by atoms with Gasteiger partial charge in [0.2, 0.25) is 0 Å². The summed E-state index contributed by atoms with van der Waals surface area (Å²) in [5.74, 6) is 0.787. The first-order valence-corrected chi connectivity index (χ1v) is 11.4. The summed E-state index contributed by atoms with van der Waals surface area (Å²) >= 11 is 0. The zero-order chi connectivity index (χ0) is 23.8. The van der Waals surface area contributed by atoms with Crippen LogP contribution in [-0.4, -0.2) is 39.3 Å². The summed E-state index contributed by atoms with van der Waals surface area (Å²) in [6.07, 6.45) is 5.05. The fourth-order valence-corrected chi connectivity index (χ4v) is 4.65. The molecule has 1 saturated heterocycles. The van der Waals surface area contributed by atoms with E-state index in [-0.39, 0.29) is 5.69 Å². The van der Waals surface area contributed by atoms with Crippen LogP contribution < -0.4 is 15.3 Å². The highest BCUT2D eigenvalue weighted by Crippen LogP contribution is 2.37. The summed E-state index contributed by atoms with van der Waals surface area (Å²) in [6.45, 7) is 1.83. The van der Waals surface area contributed by atoms with Crippen molar-refractivity contribution in [2.45, 2.75) is 19.3 Å². The third-order valence-electron chi connectivity index (χ3n) is 6.57. The fourth-order valence-electron chi connectivity index (χ4n) is 4.65. The van der Waals surface area contributed by atoms with Gasteiger partial charge >= 0.3 is 5.69 Å². The molecule has 5 rings (SSSR count). The highest BCUT2D eigenvalue weighted by atomic mass is 16.5. The Morgan fingerprint density at radius 1 is 0.971 bits per heavy atom. The molecule has 0 amide bonds. The Labute approximate surface area is 197 Å². The molecule has 2 aromatic carbocycles. The zero-order valence-corrected chi connectivity index (χ0v) is 19.6. The minimum atomic E-state index is -0.186. The van der Waals surface area contributed by atoms with E-state index in [1.807, 2.05) is 30.3 Å². The number of aryl methyl sites for hydroxylation is 2. The molecule has 8 heteroatoms. The Morgan fingerprint density at radius 2 is 1.68 bits per heavy atom. The first kappa shape index (κ1) is 21.7. The number of rotatable bonds is 4. The van der Waals surface area contributed by atoms with Gasteiger partial charge in [0.05, 0.1) is 30.3 Å². The molecule has 0 saturated carbocycles. The van der Waals surface area contributed by atoms with Crippen LogP contribution in [0.15, 0.2) is 47.4 Å². The molecule has 0 N–H and O–H groups in total. The van der Waals surface area contributed by atoms with Gasteiger partial charge in [-0.25, -0.2) is 14.8 Å². The maximum Gasteiger partial charge on any atom is 0.330 e. The second-order valence-electron chi connectivity index (χ2n) is 8.61. The largest absolute Gasteiger partial charge is 0.497 e. The monoisotopic (exact) mass is 454 g/mol. The van der Waals surface area contributed by atoms with Gasteiger partial charge in [-0.3, -0.25) is 9.13 Å². The summed E-state index contributed by atoms with van der Waals surface area (Å²) in [7, 11) is 5.01. The summed E-state index contributed by atoms with van der Waals surface area (Å²) in [5.41, 5.74) is 5.59. The topological polar surface area (TPSA) is 89.0 Å². The molecule has 1 fully saturated rings. The number of hydrogen-bond donors (Lipinski definition) is 0. The maximum absolute atomic E-state index is 12.4. The Hall–Kier alpha value is -4.12. The van der Waals surface area contributed by atoms with E-state index < -0.39 is 0 Å². The Kier molecular flexibility index (Phi) is 5.54. The van der Waals surface area contributed by atoms with Gasteiger partial charge in [-0.15, -0.1) is 0 Å². The number of methoxy groups -OCH3 is 1. The molecular weight excluding hydrogens is 428 g/mol. The van der Waals surface area contributed by atoms with Crippen molar-refractivity contribution in [3.05, 3.63) is 58.6 Å². The molecular formula is C26H26N6O2. The molecule has 0 unspecified atom stereocenters. The van der Waals surface area contributed by atoms with Gasteiger partial charge in [0.25, 0.3) is 0 Å². The molecule has 3 heterocycles. The lowest BCUT2D eigenvalue weighted by atomic mass is 9.94. The molecule has 0 aliphatic carbocycles. The maximum atomic E-state index is 12.4. The van der Waals surface area contributed by atoms with Crippen LogP contribution in [0.2, 0.25) is 0 Å². The number of aromatic nitrogens is 4. The van der Waals surface area contributed by atoms with E-state index in [2.05, 4.69) is 22.0 Å². The highest BCUT2D eigenvalue weighted by molar-refractivity contribution is 5.85. The second-order valence-corrected chi connectivity index (χ2v) is 8.61. The number of fused-ring (bicyclic) bond motifs is 1. The van der Waals surface area contributed by atoms with Crippen molar-refractivity contribution in [3.63, 3.8) is 0 Å². The molecule has 34 heavy (non-hydrogen) atoms. The normalized spacial score (nSPS) is 13.8. The van der Waals surface area contributed by atoms with E-state index in [1.54, 1.807) is 27.4 Å². The molecule has 2 aromatic heterocycles. The van der Waals surface area contributed by atoms with Gasteiger partial charge in [0, 0.05) is 32.7 Å². The number of piperidine rings is 1. The van der Waals surface area contributed by atoms with Crippen molar-refractivity contribution in [1.82, 2.24) is 19.1 Å². The molecule has 8 nitrogen and oxygen atoms in total. The van der Waals surface area contributed by atoms with Crippen LogP contribution in [0, 0.1) is 11.3 Å². The van der Waals surface area contributed by atoms with Gasteiger partial charge in [0.15, 0.2) is 11.3 Å². The van der Waals surface area contributed by atoms with Crippen LogP contribution in [0.4, 0.5) is 5.69 Å². The summed E-state index contributed by atoms with van der Waals surface area (Å²) < 4.78 is 8.28. The van der Waals surface area contributed by atoms with Crippen molar-refractivity contribution in [2.75, 3.05) is 25.1 Å². The van der Waals surface area contributed by atoms with Crippen molar-refractivity contribution in [1.29, 1.82) is 5.26 Å². The average Bonchev–Trinajstić information content (AvgIpc) is 3.11. The fraction of sp³-hybridized carbons (Fsp3) is 0.308. The van der Waals surface area contributed by atoms with Gasteiger partial charge in [-0.1, -0.05) is 12.1 Å². The smallest absolute Gasteiger partial charge is 0.330 e. The molecule has 1 aliphatic rings. The van der Waals surface area contributed by atoms with Gasteiger partial charge in [0.1, 0.15) is 11.8 Å². The minimum absolute atomic E-state index is 0.186. The number of anilines is 1. The van der Waals surface area contributed by atoms with Crippen LogP contribution in [0.25, 0.3) is 33.7 Å². The lowest BCUT2D eigenvalue weighted by Crippen LogP contribution is -2.30. The molecule has 0 spiro atoms. The van der Waals surface area contributed by atoms with E-state index in [9.17, 15) is 10.1 Å². The molecule has 172 valence electrons. The lowest BCUT2D eigenvalue weighted by molar-refractivity contribution is 0.415. The van der Waals surface area contributed by atoms with Gasteiger partial charge in [-0.05, 0) is 54.7 Å². The van der Waals surface area contributed by atoms with Crippen molar-refractivity contribution < 1.29 is 4.74 Å². The summed E-state index contributed by atoms with van der Waals surface area (Å²) in [5, 5.41) is 10.2. The molecule has 0 atom stereocenters. The summed E-state index contributed by atoms with van der Waals surface area (Å²) in [6, 6.07) is 14.4. The van der Waals surface area contributed by atoms with E-state index in [0.717, 1.165) is 48.5 Å². The van der Waals surface area contributed by atoms with E-state index in [1.165, 1.54) is 15.6 Å². The number of benzene rings is 2. The van der Waals surface area contributed by atoms with Gasteiger partial charge in [-0.2, -0.15) is 5.26 Å². The van der Waals surface area contributed by atoms with Crippen LogP contribution in [0.3, 0.4) is 0 Å². The third kappa shape index (κ3) is 3.59. The highest BCUT2D eigenvalue weighted by Gasteiger charge is 2.22. The van der Waals surface area contributed by atoms with Crippen LogP contribution >= 0.6 is 0 Å². The SMILES string of the molecule is COc1ccc(-c2cc(-c3cnc4c(n3)n(C)c(=O)n4C)c(C#N)c(N3CCCCC3)c2)cc1. The van der Waals surface area contributed by atoms with E-state index >= 15 is 0 Å². The van der Waals surface area contributed by atoms with Crippen LogP contribution in [-0.2, 0) is 14.1 Å². The van der Waals surface area contributed by atoms with Crippen LogP contribution in [0.5, 0.6) is 5.75 Å². The van der Waals surface area contributed by atoms with E-state index in [4.69, 9.17) is 9.72 Å². The zero-order valence-electron chi connectivity index (χ0n) is 19.6. The van der Waals surface area contributed by atoms with Crippen molar-refractivity contribution >= 4 is 17.0 Å². The molecule has 0 radical (unpaired) electrons. The predicted octanol–water partition coefficient (Wildman–Crippen LogP) is 3.87. The lowest BCUT2D eigenvalue weighted by Gasteiger charge is -2.30. The number of hydrogen-bond acceptors (Lipinski definition) is 6.